The van der Waals surface area contributed by atoms with E-state index in [0.717, 1.165) is 10.2 Å². The molecule has 8 nitrogen and oxygen atoms in total. The van der Waals surface area contributed by atoms with Crippen molar-refractivity contribution >= 4 is 21.8 Å². The van der Waals surface area contributed by atoms with Gasteiger partial charge in [-0.25, -0.2) is 9.67 Å². The number of aryl methyl sites for hydroxylation is 1. The summed E-state index contributed by atoms with van der Waals surface area (Å²) >= 11 is 3.40. The summed E-state index contributed by atoms with van der Waals surface area (Å²) in [6.07, 6.45) is 3.16. The highest BCUT2D eigenvalue weighted by Crippen LogP contribution is 2.15. The van der Waals surface area contributed by atoms with E-state index >= 15 is 0 Å². The second kappa shape index (κ2) is 6.29. The molecule has 0 unspecified atom stereocenters. The molecule has 3 aromatic rings. The quantitative estimate of drug-likeness (QED) is 0.748. The van der Waals surface area contributed by atoms with Crippen LogP contribution in [0.5, 0.6) is 0 Å². The lowest BCUT2D eigenvalue weighted by Gasteiger charge is -2.08. The van der Waals surface area contributed by atoms with E-state index in [-0.39, 0.29) is 17.6 Å². The fourth-order valence-electron chi connectivity index (χ4n) is 2.00. The van der Waals surface area contributed by atoms with Gasteiger partial charge in [-0.3, -0.25) is 9.48 Å². The van der Waals surface area contributed by atoms with Crippen LogP contribution in [-0.4, -0.2) is 35.7 Å². The lowest BCUT2D eigenvalue weighted by atomic mass is 10.3. The molecular formula is C14H14BrN7O. The topological polar surface area (TPSA) is 90.5 Å². The molecule has 3 rings (SSSR count). The molecule has 9 heteroatoms. The van der Waals surface area contributed by atoms with Gasteiger partial charge in [-0.15, -0.1) is 5.10 Å². The molecule has 0 aliphatic carbocycles. The van der Waals surface area contributed by atoms with Gasteiger partial charge in [-0.05, 0) is 25.1 Å². The molecule has 1 N–H and O–H groups in total. The van der Waals surface area contributed by atoms with Gasteiger partial charge in [0.1, 0.15) is 6.33 Å². The van der Waals surface area contributed by atoms with Crippen molar-refractivity contribution < 1.29 is 4.79 Å². The van der Waals surface area contributed by atoms with Crippen molar-refractivity contribution in [3.05, 3.63) is 52.8 Å². The average Bonchev–Trinajstić information content (AvgIpc) is 3.16. The normalized spacial score (nSPS) is 12.1. The zero-order valence-corrected chi connectivity index (χ0v) is 14.1. The lowest BCUT2D eigenvalue weighted by Crippen LogP contribution is -2.27. The summed E-state index contributed by atoms with van der Waals surface area (Å²) in [5, 5.41) is 14.9. The molecule has 2 heterocycles. The Labute approximate surface area is 140 Å². The molecule has 1 atom stereocenters. The number of rotatable bonds is 4. The summed E-state index contributed by atoms with van der Waals surface area (Å²) in [5.41, 5.74) is 1.04. The molecule has 0 saturated heterocycles. The van der Waals surface area contributed by atoms with Crippen LogP contribution < -0.4 is 5.32 Å². The first-order valence-electron chi connectivity index (χ1n) is 6.87. The molecule has 0 aliphatic heterocycles. The number of benzene rings is 1. The molecule has 0 spiro atoms. The van der Waals surface area contributed by atoms with Crippen LogP contribution in [0.15, 0.2) is 41.3 Å². The Balaban J connectivity index is 1.73. The summed E-state index contributed by atoms with van der Waals surface area (Å²) in [5.74, 6) is 0.214. The molecule has 118 valence electrons. The average molecular weight is 376 g/mol. The third-order valence-electron chi connectivity index (χ3n) is 3.15. The van der Waals surface area contributed by atoms with E-state index in [1.807, 2.05) is 31.2 Å². The Morgan fingerprint density at radius 2 is 2.22 bits per heavy atom. The lowest BCUT2D eigenvalue weighted by molar-refractivity contribution is 0.0933. The van der Waals surface area contributed by atoms with Crippen molar-refractivity contribution in [2.45, 2.75) is 13.0 Å². The van der Waals surface area contributed by atoms with Crippen LogP contribution in [0.4, 0.5) is 0 Å². The van der Waals surface area contributed by atoms with Gasteiger partial charge in [0, 0.05) is 11.5 Å². The van der Waals surface area contributed by atoms with Gasteiger partial charge in [0.2, 0.25) is 0 Å². The highest BCUT2D eigenvalue weighted by molar-refractivity contribution is 9.10. The number of hydrogen-bond acceptors (Lipinski definition) is 5. The Bertz CT molecular complexity index is 841. The minimum absolute atomic E-state index is 0.229. The molecular weight excluding hydrogens is 362 g/mol. The van der Waals surface area contributed by atoms with Crippen molar-refractivity contribution in [3.63, 3.8) is 0 Å². The van der Waals surface area contributed by atoms with Crippen molar-refractivity contribution in [2.75, 3.05) is 0 Å². The minimum atomic E-state index is -0.328. The number of nitrogens with one attached hydrogen (secondary N) is 1. The van der Waals surface area contributed by atoms with Crippen LogP contribution in [0.3, 0.4) is 0 Å². The van der Waals surface area contributed by atoms with Crippen LogP contribution in [0.1, 0.15) is 29.3 Å². The van der Waals surface area contributed by atoms with Gasteiger partial charge < -0.3 is 5.32 Å². The van der Waals surface area contributed by atoms with Gasteiger partial charge in [0.15, 0.2) is 11.5 Å². The van der Waals surface area contributed by atoms with Crippen LogP contribution in [-0.2, 0) is 7.05 Å². The van der Waals surface area contributed by atoms with Gasteiger partial charge in [-0.2, -0.15) is 5.10 Å². The number of hydrogen-bond donors (Lipinski definition) is 1. The fourth-order valence-corrected chi connectivity index (χ4v) is 2.39. The summed E-state index contributed by atoms with van der Waals surface area (Å²) in [7, 11) is 1.77. The Morgan fingerprint density at radius 1 is 1.39 bits per heavy atom. The number of carbonyl (C=O) groups excluding carboxylic acids is 1. The Hall–Kier alpha value is -2.55. The number of nitrogens with zero attached hydrogens (tertiary/aromatic N) is 6. The molecule has 0 radical (unpaired) electrons. The van der Waals surface area contributed by atoms with E-state index < -0.39 is 0 Å². The molecule has 23 heavy (non-hydrogen) atoms. The molecule has 0 aliphatic rings. The highest BCUT2D eigenvalue weighted by atomic mass is 79.9. The van der Waals surface area contributed by atoms with Gasteiger partial charge in [-0.1, -0.05) is 27.2 Å². The van der Waals surface area contributed by atoms with E-state index in [9.17, 15) is 4.79 Å². The Morgan fingerprint density at radius 3 is 2.91 bits per heavy atom. The van der Waals surface area contributed by atoms with E-state index in [1.165, 1.54) is 0 Å². The van der Waals surface area contributed by atoms with E-state index in [0.29, 0.717) is 5.82 Å². The smallest absolute Gasteiger partial charge is 0.274 e. The van der Waals surface area contributed by atoms with E-state index in [2.05, 4.69) is 41.6 Å². The maximum absolute atomic E-state index is 12.2. The maximum Gasteiger partial charge on any atom is 0.274 e. The summed E-state index contributed by atoms with van der Waals surface area (Å²) in [6.45, 7) is 1.81. The predicted octanol–water partition coefficient (Wildman–Crippen LogP) is 1.65. The second-order valence-electron chi connectivity index (χ2n) is 5.00. The summed E-state index contributed by atoms with van der Waals surface area (Å²) < 4.78 is 4.05. The van der Waals surface area contributed by atoms with Gasteiger partial charge in [0.25, 0.3) is 5.91 Å². The Kier molecular flexibility index (Phi) is 4.20. The minimum Gasteiger partial charge on any atom is -0.341 e. The second-order valence-corrected chi connectivity index (χ2v) is 5.92. The molecule has 0 bridgehead atoms. The molecule has 0 saturated carbocycles. The van der Waals surface area contributed by atoms with Crippen LogP contribution >= 0.6 is 15.9 Å². The largest absolute Gasteiger partial charge is 0.341 e. The number of halogens is 1. The maximum atomic E-state index is 12.2. The predicted molar refractivity (Wildman–Crippen MR) is 85.9 cm³/mol. The summed E-state index contributed by atoms with van der Waals surface area (Å²) in [6, 6.07) is 7.24. The highest BCUT2D eigenvalue weighted by Gasteiger charge is 2.17. The zero-order chi connectivity index (χ0) is 16.4. The third-order valence-corrected chi connectivity index (χ3v) is 3.64. The molecule has 2 aromatic heterocycles. The number of carbonyl (C=O) groups is 1. The molecule has 1 aromatic carbocycles. The van der Waals surface area contributed by atoms with E-state index in [1.54, 1.807) is 28.9 Å². The molecule has 1 amide bonds. The van der Waals surface area contributed by atoms with Crippen LogP contribution in [0, 0.1) is 0 Å². The van der Waals surface area contributed by atoms with Crippen LogP contribution in [0.25, 0.3) is 5.69 Å². The third kappa shape index (κ3) is 3.45. The fraction of sp³-hybridized carbons (Fsp3) is 0.214. The van der Waals surface area contributed by atoms with Gasteiger partial charge in [0.05, 0.1) is 17.9 Å². The van der Waals surface area contributed by atoms with Crippen molar-refractivity contribution in [2.24, 2.45) is 7.05 Å². The first kappa shape index (κ1) is 15.3. The first-order valence-corrected chi connectivity index (χ1v) is 7.67. The summed E-state index contributed by atoms with van der Waals surface area (Å²) in [4.78, 5) is 16.4. The van der Waals surface area contributed by atoms with Crippen molar-refractivity contribution in [1.82, 2.24) is 35.1 Å². The number of aromatic nitrogens is 6. The molecule has 0 fully saturated rings. The zero-order valence-electron chi connectivity index (χ0n) is 12.5. The van der Waals surface area contributed by atoms with Crippen molar-refractivity contribution in [1.29, 1.82) is 0 Å². The monoisotopic (exact) mass is 375 g/mol. The van der Waals surface area contributed by atoms with Gasteiger partial charge >= 0.3 is 0 Å². The number of amides is 1. The standard InChI is InChI=1S/C14H14BrN7O/c1-9(13-16-8-21(2)19-13)17-14(23)12-7-22(20-18-12)11-5-3-4-10(15)6-11/h3-9H,1-2H3,(H,17,23)/t9-/m0/s1. The van der Waals surface area contributed by atoms with Crippen molar-refractivity contribution in [3.8, 4) is 5.69 Å². The van der Waals surface area contributed by atoms with Crippen LogP contribution in [0.2, 0.25) is 0 Å². The SMILES string of the molecule is C[C@H](NC(=O)c1cn(-c2cccc(Br)c2)nn1)c1ncn(C)n1. The van der Waals surface area contributed by atoms with E-state index in [4.69, 9.17) is 0 Å². The first-order chi connectivity index (χ1) is 11.0.